The molecule has 108 valence electrons. The summed E-state index contributed by atoms with van der Waals surface area (Å²) in [6.07, 6.45) is 2.48. The molecule has 0 bridgehead atoms. The Bertz CT molecular complexity index is 625. The van der Waals surface area contributed by atoms with E-state index in [0.29, 0.717) is 0 Å². The minimum atomic E-state index is 0.194. The highest BCUT2D eigenvalue weighted by molar-refractivity contribution is 5.89. The summed E-state index contributed by atoms with van der Waals surface area (Å²) in [6.45, 7) is 3.06. The lowest BCUT2D eigenvalue weighted by Crippen LogP contribution is -2.28. The molecule has 1 aliphatic rings. The Kier molecular flexibility index (Phi) is 3.31. The van der Waals surface area contributed by atoms with E-state index >= 15 is 0 Å². The van der Waals surface area contributed by atoms with E-state index in [1.807, 2.05) is 21.0 Å². The molecule has 7 heteroatoms. The Labute approximate surface area is 117 Å². The lowest BCUT2D eigenvalue weighted by Gasteiger charge is -2.15. The molecule has 0 radical (unpaired) electrons. The third kappa shape index (κ3) is 2.12. The van der Waals surface area contributed by atoms with E-state index in [4.69, 9.17) is 0 Å². The summed E-state index contributed by atoms with van der Waals surface area (Å²) in [4.78, 5) is 10.8. The van der Waals surface area contributed by atoms with Crippen molar-refractivity contribution in [2.24, 2.45) is 7.05 Å². The van der Waals surface area contributed by atoms with E-state index < -0.39 is 0 Å². The number of anilines is 1. The van der Waals surface area contributed by atoms with Gasteiger partial charge in [0.05, 0.1) is 17.7 Å². The van der Waals surface area contributed by atoms with Gasteiger partial charge in [0, 0.05) is 25.7 Å². The molecule has 3 rings (SSSR count). The molecule has 1 fully saturated rings. The van der Waals surface area contributed by atoms with Crippen LogP contribution in [-0.2, 0) is 7.05 Å². The largest absolute Gasteiger partial charge is 0.395 e. The number of aromatic nitrogens is 4. The highest BCUT2D eigenvalue weighted by Crippen LogP contribution is 2.25. The molecule has 0 aliphatic carbocycles. The molecule has 2 N–H and O–H groups in total. The van der Waals surface area contributed by atoms with Crippen LogP contribution in [0.15, 0.2) is 6.33 Å². The van der Waals surface area contributed by atoms with Crippen molar-refractivity contribution in [1.82, 2.24) is 24.6 Å². The van der Waals surface area contributed by atoms with Crippen molar-refractivity contribution in [3.8, 4) is 0 Å². The second-order valence-corrected chi connectivity index (χ2v) is 5.48. The van der Waals surface area contributed by atoms with Crippen molar-refractivity contribution in [2.75, 3.05) is 25.5 Å². The summed E-state index contributed by atoms with van der Waals surface area (Å²) >= 11 is 0. The lowest BCUT2D eigenvalue weighted by atomic mass is 10.1. The molecule has 1 aliphatic heterocycles. The van der Waals surface area contributed by atoms with Gasteiger partial charge in [-0.2, -0.15) is 5.10 Å². The fourth-order valence-corrected chi connectivity index (χ4v) is 2.98. The average Bonchev–Trinajstić information content (AvgIpc) is 2.91. The molecule has 0 amide bonds. The Morgan fingerprint density at radius 3 is 2.90 bits per heavy atom. The molecule has 3 heterocycles. The van der Waals surface area contributed by atoms with Crippen LogP contribution in [-0.4, -0.2) is 62.0 Å². The van der Waals surface area contributed by atoms with Crippen LogP contribution in [0, 0.1) is 6.92 Å². The van der Waals surface area contributed by atoms with Gasteiger partial charge in [-0.25, -0.2) is 9.97 Å². The molecule has 7 nitrogen and oxygen atoms in total. The zero-order valence-corrected chi connectivity index (χ0v) is 12.0. The Morgan fingerprint density at radius 1 is 1.40 bits per heavy atom. The summed E-state index contributed by atoms with van der Waals surface area (Å²) in [5.41, 5.74) is 1.76. The molecule has 20 heavy (non-hydrogen) atoms. The molecule has 0 unspecified atom stereocenters. The lowest BCUT2D eigenvalue weighted by molar-refractivity contribution is 0.182. The number of aryl methyl sites for hydroxylation is 2. The van der Waals surface area contributed by atoms with E-state index in [9.17, 15) is 5.11 Å². The highest BCUT2D eigenvalue weighted by Gasteiger charge is 2.29. The van der Waals surface area contributed by atoms with Crippen molar-refractivity contribution in [1.29, 1.82) is 0 Å². The number of likely N-dealkylation sites (tertiary alicyclic amines) is 1. The van der Waals surface area contributed by atoms with Crippen molar-refractivity contribution >= 4 is 16.9 Å². The Balaban J connectivity index is 1.89. The van der Waals surface area contributed by atoms with Gasteiger partial charge in [0.1, 0.15) is 12.1 Å². The number of nitrogens with zero attached hydrogens (tertiary/aromatic N) is 5. The van der Waals surface area contributed by atoms with Crippen molar-refractivity contribution < 1.29 is 5.11 Å². The zero-order chi connectivity index (χ0) is 14.3. The quantitative estimate of drug-likeness (QED) is 0.831. The number of hydrogen-bond donors (Lipinski definition) is 2. The van der Waals surface area contributed by atoms with Crippen LogP contribution < -0.4 is 5.32 Å². The van der Waals surface area contributed by atoms with Gasteiger partial charge in [-0.1, -0.05) is 0 Å². The summed E-state index contributed by atoms with van der Waals surface area (Å²) in [5.74, 6) is 0.831. The van der Waals surface area contributed by atoms with E-state index in [1.165, 1.54) is 0 Å². The zero-order valence-electron chi connectivity index (χ0n) is 12.0. The van der Waals surface area contributed by atoms with Crippen LogP contribution in [0.3, 0.4) is 0 Å². The maximum atomic E-state index is 9.33. The van der Waals surface area contributed by atoms with Crippen LogP contribution in [0.2, 0.25) is 0 Å². The monoisotopic (exact) mass is 276 g/mol. The number of likely N-dealkylation sites (N-methyl/N-ethyl adjacent to an activating group) is 1. The standard InChI is InChI=1S/C13H20N6O/c1-8-11-12(14-7-15-13(11)19(3)17-8)16-9-4-10(6-20)18(2)5-9/h7,9-10,20H,4-6H2,1-3H3,(H,14,15,16)/t9-,10+/m1/s1. The number of fused-ring (bicyclic) bond motifs is 1. The number of nitrogens with one attached hydrogen (secondary N) is 1. The van der Waals surface area contributed by atoms with Crippen LogP contribution in [0.25, 0.3) is 11.0 Å². The molecule has 0 saturated carbocycles. The Morgan fingerprint density at radius 2 is 2.20 bits per heavy atom. The van der Waals surface area contributed by atoms with E-state index in [1.54, 1.807) is 11.0 Å². The van der Waals surface area contributed by atoms with Gasteiger partial charge in [0.15, 0.2) is 5.65 Å². The van der Waals surface area contributed by atoms with Crippen LogP contribution in [0.5, 0.6) is 0 Å². The second-order valence-electron chi connectivity index (χ2n) is 5.48. The molecule has 0 spiro atoms. The van der Waals surface area contributed by atoms with E-state index in [-0.39, 0.29) is 18.7 Å². The first kappa shape index (κ1) is 13.3. The third-order valence-corrected chi connectivity index (χ3v) is 4.04. The molecule has 2 aromatic heterocycles. The molecule has 2 atom stereocenters. The third-order valence-electron chi connectivity index (χ3n) is 4.04. The predicted octanol–water partition coefficient (Wildman–Crippen LogP) is 0.149. The van der Waals surface area contributed by atoms with E-state index in [2.05, 4.69) is 25.3 Å². The maximum absolute atomic E-state index is 9.33. The summed E-state index contributed by atoms with van der Waals surface area (Å²) in [6, 6.07) is 0.509. The normalized spacial score (nSPS) is 23.6. The fourth-order valence-electron chi connectivity index (χ4n) is 2.98. The van der Waals surface area contributed by atoms with Gasteiger partial charge in [-0.05, 0) is 20.4 Å². The molecule has 0 aromatic carbocycles. The number of hydrogen-bond acceptors (Lipinski definition) is 6. The van der Waals surface area contributed by atoms with Crippen molar-refractivity contribution in [3.05, 3.63) is 12.0 Å². The topological polar surface area (TPSA) is 79.1 Å². The predicted molar refractivity (Wildman–Crippen MR) is 76.6 cm³/mol. The van der Waals surface area contributed by atoms with Gasteiger partial charge in [0.2, 0.25) is 0 Å². The first-order chi connectivity index (χ1) is 9.60. The SMILES string of the molecule is Cc1nn(C)c2ncnc(N[C@@H]3C[C@@H](CO)N(C)C3)c12. The fraction of sp³-hybridized carbons (Fsp3) is 0.615. The number of rotatable bonds is 3. The smallest absolute Gasteiger partial charge is 0.163 e. The Hall–Kier alpha value is -1.73. The first-order valence-corrected chi connectivity index (χ1v) is 6.82. The van der Waals surface area contributed by atoms with Crippen LogP contribution in [0.4, 0.5) is 5.82 Å². The molecular formula is C13H20N6O. The summed E-state index contributed by atoms with van der Waals surface area (Å²) in [7, 11) is 3.92. The van der Waals surface area contributed by atoms with E-state index in [0.717, 1.165) is 35.5 Å². The van der Waals surface area contributed by atoms with Crippen molar-refractivity contribution in [2.45, 2.75) is 25.4 Å². The molecule has 1 saturated heterocycles. The number of aliphatic hydroxyl groups excluding tert-OH is 1. The summed E-state index contributed by atoms with van der Waals surface area (Å²) < 4.78 is 1.77. The van der Waals surface area contributed by atoms with Crippen LogP contribution in [0.1, 0.15) is 12.1 Å². The first-order valence-electron chi connectivity index (χ1n) is 6.82. The van der Waals surface area contributed by atoms with Crippen LogP contribution >= 0.6 is 0 Å². The average molecular weight is 276 g/mol. The van der Waals surface area contributed by atoms with Gasteiger partial charge in [0.25, 0.3) is 0 Å². The number of aliphatic hydroxyl groups is 1. The van der Waals surface area contributed by atoms with Gasteiger partial charge >= 0.3 is 0 Å². The second kappa shape index (κ2) is 4.99. The van der Waals surface area contributed by atoms with Gasteiger partial charge < -0.3 is 10.4 Å². The minimum Gasteiger partial charge on any atom is -0.395 e. The highest BCUT2D eigenvalue weighted by atomic mass is 16.3. The maximum Gasteiger partial charge on any atom is 0.163 e. The summed E-state index contributed by atoms with van der Waals surface area (Å²) in [5, 5.41) is 18.2. The van der Waals surface area contributed by atoms with Gasteiger partial charge in [-0.3, -0.25) is 9.58 Å². The molecular weight excluding hydrogens is 256 g/mol. The molecule has 2 aromatic rings. The minimum absolute atomic E-state index is 0.194. The van der Waals surface area contributed by atoms with Crippen molar-refractivity contribution in [3.63, 3.8) is 0 Å². The van der Waals surface area contributed by atoms with Gasteiger partial charge in [-0.15, -0.1) is 0 Å².